The molecule has 0 aromatic heterocycles. The van der Waals surface area contributed by atoms with E-state index in [9.17, 15) is 18.0 Å². The van der Waals surface area contributed by atoms with E-state index in [0.717, 1.165) is 19.3 Å². The number of nitrogens with zero attached hydrogens (tertiary/aromatic N) is 1. The molecule has 1 fully saturated rings. The number of carbonyl (C=O) groups excluding carboxylic acids is 1. The third-order valence-corrected chi connectivity index (χ3v) is 3.60. The van der Waals surface area contributed by atoms with Crippen molar-refractivity contribution in [3.8, 4) is 0 Å². The topological polar surface area (TPSA) is 46.3 Å². The number of carbonyl (C=O) groups is 1. The van der Waals surface area contributed by atoms with Crippen LogP contribution in [0.4, 0.5) is 13.2 Å². The van der Waals surface area contributed by atoms with Crippen LogP contribution in [0.3, 0.4) is 0 Å². The minimum absolute atomic E-state index is 0.0464. The Labute approximate surface area is 115 Å². The minimum atomic E-state index is -1.16. The van der Waals surface area contributed by atoms with Crippen LogP contribution in [0.25, 0.3) is 0 Å². The summed E-state index contributed by atoms with van der Waals surface area (Å²) in [7, 11) is 0. The van der Waals surface area contributed by atoms with Gasteiger partial charge in [-0.1, -0.05) is 0 Å². The van der Waals surface area contributed by atoms with Gasteiger partial charge in [0.15, 0.2) is 0 Å². The van der Waals surface area contributed by atoms with Crippen molar-refractivity contribution in [2.45, 2.75) is 31.7 Å². The molecule has 0 saturated carbocycles. The fourth-order valence-corrected chi connectivity index (χ4v) is 2.65. The zero-order valence-corrected chi connectivity index (χ0v) is 11.0. The van der Waals surface area contributed by atoms with Gasteiger partial charge in [0.1, 0.15) is 23.0 Å². The van der Waals surface area contributed by atoms with Gasteiger partial charge in [0.25, 0.3) is 5.91 Å². The first kappa shape index (κ1) is 14.8. The number of rotatable bonds is 4. The summed E-state index contributed by atoms with van der Waals surface area (Å²) in [4.78, 5) is 13.7. The SMILES string of the molecule is NCCCC1CCCN1C(=O)c1c(F)cc(F)cc1F. The Bertz CT molecular complexity index is 484. The Hall–Kier alpha value is -1.56. The number of amides is 1. The highest BCUT2D eigenvalue weighted by atomic mass is 19.1. The van der Waals surface area contributed by atoms with Gasteiger partial charge in [0.05, 0.1) is 0 Å². The fraction of sp³-hybridized carbons (Fsp3) is 0.500. The molecule has 1 aliphatic heterocycles. The molecule has 110 valence electrons. The van der Waals surface area contributed by atoms with Crippen LogP contribution in [0.2, 0.25) is 0 Å². The fourth-order valence-electron chi connectivity index (χ4n) is 2.65. The summed E-state index contributed by atoms with van der Waals surface area (Å²) in [5.74, 6) is -4.05. The summed E-state index contributed by atoms with van der Waals surface area (Å²) in [6, 6.07) is 1.01. The summed E-state index contributed by atoms with van der Waals surface area (Å²) >= 11 is 0. The Balaban J connectivity index is 2.22. The summed E-state index contributed by atoms with van der Waals surface area (Å²) in [6.07, 6.45) is 3.07. The van der Waals surface area contributed by atoms with Crippen LogP contribution in [-0.4, -0.2) is 29.9 Å². The van der Waals surface area contributed by atoms with Gasteiger partial charge in [-0.05, 0) is 32.2 Å². The number of hydrogen-bond donors (Lipinski definition) is 1. The van der Waals surface area contributed by atoms with Crippen LogP contribution in [0.1, 0.15) is 36.0 Å². The van der Waals surface area contributed by atoms with Crippen LogP contribution < -0.4 is 5.73 Å². The van der Waals surface area contributed by atoms with E-state index in [1.807, 2.05) is 0 Å². The number of benzene rings is 1. The first-order chi connectivity index (χ1) is 9.54. The second-order valence-corrected chi connectivity index (χ2v) is 4.97. The average molecular weight is 286 g/mol. The standard InChI is InChI=1S/C14H17F3N2O/c15-9-7-11(16)13(12(17)8-9)14(20)19-6-2-4-10(19)3-1-5-18/h7-8,10H,1-6,18H2. The van der Waals surface area contributed by atoms with E-state index < -0.39 is 28.9 Å². The molecule has 3 nitrogen and oxygen atoms in total. The molecule has 2 N–H and O–H groups in total. The van der Waals surface area contributed by atoms with Crippen molar-refractivity contribution in [2.24, 2.45) is 5.73 Å². The minimum Gasteiger partial charge on any atom is -0.335 e. The lowest BCUT2D eigenvalue weighted by Gasteiger charge is -2.25. The van der Waals surface area contributed by atoms with Crippen LogP contribution >= 0.6 is 0 Å². The van der Waals surface area contributed by atoms with Gasteiger partial charge in [-0.15, -0.1) is 0 Å². The Morgan fingerprint density at radius 1 is 1.30 bits per heavy atom. The summed E-state index contributed by atoms with van der Waals surface area (Å²) in [5, 5.41) is 0. The molecule has 1 amide bonds. The van der Waals surface area contributed by atoms with Crippen molar-refractivity contribution in [1.29, 1.82) is 0 Å². The van der Waals surface area contributed by atoms with Crippen molar-refractivity contribution in [2.75, 3.05) is 13.1 Å². The van der Waals surface area contributed by atoms with E-state index in [2.05, 4.69) is 0 Å². The molecule has 6 heteroatoms. The van der Waals surface area contributed by atoms with Gasteiger partial charge in [-0.2, -0.15) is 0 Å². The summed E-state index contributed by atoms with van der Waals surface area (Å²) < 4.78 is 40.2. The molecule has 1 aromatic rings. The lowest BCUT2D eigenvalue weighted by Crippen LogP contribution is -2.36. The average Bonchev–Trinajstić information content (AvgIpc) is 2.83. The highest BCUT2D eigenvalue weighted by Crippen LogP contribution is 2.25. The van der Waals surface area contributed by atoms with E-state index in [4.69, 9.17) is 5.73 Å². The highest BCUT2D eigenvalue weighted by molar-refractivity contribution is 5.95. The Morgan fingerprint density at radius 3 is 2.55 bits per heavy atom. The third-order valence-electron chi connectivity index (χ3n) is 3.60. The summed E-state index contributed by atoms with van der Waals surface area (Å²) in [6.45, 7) is 0.974. The van der Waals surface area contributed by atoms with Crippen molar-refractivity contribution in [3.05, 3.63) is 35.1 Å². The zero-order valence-electron chi connectivity index (χ0n) is 11.0. The van der Waals surface area contributed by atoms with Crippen molar-refractivity contribution >= 4 is 5.91 Å². The largest absolute Gasteiger partial charge is 0.335 e. The maximum Gasteiger partial charge on any atom is 0.260 e. The third kappa shape index (κ3) is 2.95. The van der Waals surface area contributed by atoms with Gasteiger partial charge < -0.3 is 10.6 Å². The van der Waals surface area contributed by atoms with E-state index in [1.54, 1.807) is 0 Å². The lowest BCUT2D eigenvalue weighted by molar-refractivity contribution is 0.0719. The number of hydrogen-bond acceptors (Lipinski definition) is 2. The van der Waals surface area contributed by atoms with Gasteiger partial charge in [-0.3, -0.25) is 4.79 Å². The molecule has 20 heavy (non-hydrogen) atoms. The van der Waals surface area contributed by atoms with E-state index >= 15 is 0 Å². The monoisotopic (exact) mass is 286 g/mol. The Kier molecular flexibility index (Phi) is 4.65. The van der Waals surface area contributed by atoms with Crippen LogP contribution in [-0.2, 0) is 0 Å². The van der Waals surface area contributed by atoms with Gasteiger partial charge in [0, 0.05) is 24.7 Å². The number of likely N-dealkylation sites (tertiary alicyclic amines) is 1. The van der Waals surface area contributed by atoms with Gasteiger partial charge in [0.2, 0.25) is 0 Å². The molecule has 1 aromatic carbocycles. The summed E-state index contributed by atoms with van der Waals surface area (Å²) in [5.41, 5.74) is 4.76. The molecule has 1 atom stereocenters. The van der Waals surface area contributed by atoms with Crippen molar-refractivity contribution in [3.63, 3.8) is 0 Å². The molecule has 1 aliphatic rings. The van der Waals surface area contributed by atoms with E-state index in [-0.39, 0.29) is 6.04 Å². The second kappa shape index (κ2) is 6.26. The van der Waals surface area contributed by atoms with E-state index in [1.165, 1.54) is 4.90 Å². The second-order valence-electron chi connectivity index (χ2n) is 4.97. The van der Waals surface area contributed by atoms with Gasteiger partial charge >= 0.3 is 0 Å². The van der Waals surface area contributed by atoms with Crippen LogP contribution in [0.15, 0.2) is 12.1 Å². The molecule has 0 aliphatic carbocycles. The predicted octanol–water partition coefficient (Wildman–Crippen LogP) is 2.45. The first-order valence-corrected chi connectivity index (χ1v) is 6.70. The maximum absolute atomic E-state index is 13.6. The number of halogens is 3. The molecular weight excluding hydrogens is 269 g/mol. The van der Waals surface area contributed by atoms with E-state index in [0.29, 0.717) is 31.6 Å². The van der Waals surface area contributed by atoms with Crippen molar-refractivity contribution < 1.29 is 18.0 Å². The molecule has 1 heterocycles. The highest BCUT2D eigenvalue weighted by Gasteiger charge is 2.32. The molecule has 1 saturated heterocycles. The maximum atomic E-state index is 13.6. The first-order valence-electron chi connectivity index (χ1n) is 6.70. The molecule has 0 radical (unpaired) electrons. The molecular formula is C14H17F3N2O. The predicted molar refractivity (Wildman–Crippen MR) is 68.7 cm³/mol. The zero-order chi connectivity index (χ0) is 14.7. The smallest absolute Gasteiger partial charge is 0.260 e. The van der Waals surface area contributed by atoms with Crippen LogP contribution in [0.5, 0.6) is 0 Å². The van der Waals surface area contributed by atoms with Crippen LogP contribution in [0, 0.1) is 17.5 Å². The molecule has 2 rings (SSSR count). The number of nitrogens with two attached hydrogens (primary N) is 1. The quantitative estimate of drug-likeness (QED) is 0.924. The molecule has 1 unspecified atom stereocenters. The normalized spacial score (nSPS) is 18.6. The molecule has 0 bridgehead atoms. The van der Waals surface area contributed by atoms with Crippen molar-refractivity contribution in [1.82, 2.24) is 4.90 Å². The molecule has 0 spiro atoms. The lowest BCUT2D eigenvalue weighted by atomic mass is 10.1. The van der Waals surface area contributed by atoms with Gasteiger partial charge in [-0.25, -0.2) is 13.2 Å². The Morgan fingerprint density at radius 2 is 1.95 bits per heavy atom.